The Morgan fingerprint density at radius 1 is 1.12 bits per heavy atom. The largest absolute Gasteiger partial charge is 0.496 e. The van der Waals surface area contributed by atoms with E-state index in [0.717, 1.165) is 11.5 Å². The number of hydrogen-bond acceptors (Lipinski definition) is 8. The fourth-order valence-corrected chi connectivity index (χ4v) is 2.87. The summed E-state index contributed by atoms with van der Waals surface area (Å²) < 4.78 is 19.9. The van der Waals surface area contributed by atoms with Gasteiger partial charge in [0.05, 0.1) is 19.8 Å². The molecule has 8 heteroatoms. The standard InChI is InChI=1S/C17H15N3O4S/c1-22-13-6-3-7-14(23-2)12(13)10-24-17(21)16-15(19-20-25-16)11-5-4-8-18-9-11/h3-9H,10H2,1-2H3. The predicted octanol–water partition coefficient (Wildman–Crippen LogP) is 2.97. The molecule has 0 radical (unpaired) electrons. The van der Waals surface area contributed by atoms with Gasteiger partial charge in [-0.1, -0.05) is 10.6 Å². The number of rotatable bonds is 6. The molecular formula is C17H15N3O4S. The highest BCUT2D eigenvalue weighted by Crippen LogP contribution is 2.30. The van der Waals surface area contributed by atoms with Gasteiger partial charge in [-0.3, -0.25) is 4.98 Å². The van der Waals surface area contributed by atoms with Crippen LogP contribution in [-0.2, 0) is 11.3 Å². The molecule has 7 nitrogen and oxygen atoms in total. The summed E-state index contributed by atoms with van der Waals surface area (Å²) in [4.78, 5) is 16.8. The Hall–Kier alpha value is -3.00. The number of pyridine rings is 1. The third-order valence-electron chi connectivity index (χ3n) is 3.49. The molecule has 2 heterocycles. The number of hydrogen-bond donors (Lipinski definition) is 0. The molecule has 0 atom stereocenters. The Balaban J connectivity index is 1.80. The number of esters is 1. The summed E-state index contributed by atoms with van der Waals surface area (Å²) in [6.45, 7) is 0.0103. The summed E-state index contributed by atoms with van der Waals surface area (Å²) in [5.74, 6) is 0.658. The lowest BCUT2D eigenvalue weighted by molar-refractivity contribution is 0.0474. The van der Waals surface area contributed by atoms with Crippen molar-refractivity contribution in [2.45, 2.75) is 6.61 Å². The van der Waals surface area contributed by atoms with Gasteiger partial charge in [0.2, 0.25) is 0 Å². The maximum Gasteiger partial charge on any atom is 0.352 e. The number of nitrogens with zero attached hydrogens (tertiary/aromatic N) is 3. The molecule has 1 aromatic carbocycles. The molecule has 0 aliphatic rings. The van der Waals surface area contributed by atoms with Crippen LogP contribution in [0.3, 0.4) is 0 Å². The van der Waals surface area contributed by atoms with Crippen molar-refractivity contribution in [3.05, 3.63) is 53.2 Å². The smallest absolute Gasteiger partial charge is 0.352 e. The first-order valence-electron chi connectivity index (χ1n) is 7.34. The lowest BCUT2D eigenvalue weighted by Gasteiger charge is -2.13. The summed E-state index contributed by atoms with van der Waals surface area (Å²) in [6.07, 6.45) is 3.27. The average molecular weight is 357 g/mol. The normalized spacial score (nSPS) is 10.3. The summed E-state index contributed by atoms with van der Waals surface area (Å²) in [6, 6.07) is 8.94. The van der Waals surface area contributed by atoms with Crippen LogP contribution in [0.1, 0.15) is 15.2 Å². The van der Waals surface area contributed by atoms with Crippen LogP contribution < -0.4 is 9.47 Å². The van der Waals surface area contributed by atoms with Crippen LogP contribution in [0.15, 0.2) is 42.7 Å². The van der Waals surface area contributed by atoms with Crippen LogP contribution >= 0.6 is 11.5 Å². The van der Waals surface area contributed by atoms with E-state index in [0.29, 0.717) is 33.2 Å². The molecule has 25 heavy (non-hydrogen) atoms. The van der Waals surface area contributed by atoms with Gasteiger partial charge < -0.3 is 14.2 Å². The molecule has 0 saturated carbocycles. The van der Waals surface area contributed by atoms with Gasteiger partial charge in [0, 0.05) is 18.0 Å². The average Bonchev–Trinajstić information content (AvgIpc) is 3.16. The van der Waals surface area contributed by atoms with E-state index in [1.54, 1.807) is 50.9 Å². The number of aromatic nitrogens is 3. The molecular weight excluding hydrogens is 342 g/mol. The summed E-state index contributed by atoms with van der Waals surface area (Å²) >= 11 is 0.982. The second-order valence-corrected chi connectivity index (χ2v) is 5.66. The Kier molecular flexibility index (Phi) is 5.20. The fourth-order valence-electron chi connectivity index (χ4n) is 2.29. The van der Waals surface area contributed by atoms with E-state index in [2.05, 4.69) is 14.6 Å². The van der Waals surface area contributed by atoms with Gasteiger partial charge in [0.15, 0.2) is 4.88 Å². The Bertz CT molecular complexity index is 845. The zero-order chi connectivity index (χ0) is 17.6. The zero-order valence-electron chi connectivity index (χ0n) is 13.6. The van der Waals surface area contributed by atoms with Gasteiger partial charge in [-0.25, -0.2) is 4.79 Å². The molecule has 0 unspecified atom stereocenters. The lowest BCUT2D eigenvalue weighted by Crippen LogP contribution is -2.07. The van der Waals surface area contributed by atoms with E-state index in [1.807, 2.05) is 6.07 Å². The minimum absolute atomic E-state index is 0.0103. The maximum atomic E-state index is 12.5. The van der Waals surface area contributed by atoms with Crippen molar-refractivity contribution in [1.29, 1.82) is 0 Å². The second-order valence-electron chi connectivity index (χ2n) is 4.91. The van der Waals surface area contributed by atoms with E-state index in [1.165, 1.54) is 0 Å². The highest BCUT2D eigenvalue weighted by molar-refractivity contribution is 7.08. The molecule has 0 spiro atoms. The fraction of sp³-hybridized carbons (Fsp3) is 0.176. The van der Waals surface area contributed by atoms with Crippen LogP contribution in [0.25, 0.3) is 11.3 Å². The van der Waals surface area contributed by atoms with Gasteiger partial charge in [0.1, 0.15) is 23.8 Å². The van der Waals surface area contributed by atoms with Crippen molar-refractivity contribution in [3.63, 3.8) is 0 Å². The zero-order valence-corrected chi connectivity index (χ0v) is 14.4. The second kappa shape index (κ2) is 7.71. The highest BCUT2D eigenvalue weighted by atomic mass is 32.1. The molecule has 0 N–H and O–H groups in total. The van der Waals surface area contributed by atoms with Crippen molar-refractivity contribution in [2.75, 3.05) is 14.2 Å². The van der Waals surface area contributed by atoms with Crippen molar-refractivity contribution >= 4 is 17.5 Å². The maximum absolute atomic E-state index is 12.5. The summed E-state index contributed by atoms with van der Waals surface area (Å²) in [5.41, 5.74) is 1.81. The SMILES string of the molecule is COc1cccc(OC)c1COC(=O)c1snnc1-c1cccnc1. The quantitative estimate of drug-likeness (QED) is 0.627. The van der Waals surface area contributed by atoms with Crippen molar-refractivity contribution in [3.8, 4) is 22.8 Å². The Labute approximate surface area is 148 Å². The van der Waals surface area contributed by atoms with Crippen molar-refractivity contribution < 1.29 is 19.0 Å². The number of ether oxygens (including phenoxy) is 3. The van der Waals surface area contributed by atoms with Gasteiger partial charge in [-0.15, -0.1) is 5.10 Å². The Morgan fingerprint density at radius 2 is 1.88 bits per heavy atom. The number of benzene rings is 1. The van der Waals surface area contributed by atoms with Gasteiger partial charge in [-0.05, 0) is 35.8 Å². The lowest BCUT2D eigenvalue weighted by atomic mass is 10.2. The number of methoxy groups -OCH3 is 2. The first-order chi connectivity index (χ1) is 12.2. The van der Waals surface area contributed by atoms with E-state index >= 15 is 0 Å². The van der Waals surface area contributed by atoms with E-state index in [4.69, 9.17) is 14.2 Å². The molecule has 128 valence electrons. The van der Waals surface area contributed by atoms with E-state index in [9.17, 15) is 4.79 Å². The van der Waals surface area contributed by atoms with Crippen LogP contribution in [0.2, 0.25) is 0 Å². The monoisotopic (exact) mass is 357 g/mol. The third kappa shape index (κ3) is 3.58. The van der Waals surface area contributed by atoms with Gasteiger partial charge >= 0.3 is 5.97 Å². The van der Waals surface area contributed by atoms with Crippen LogP contribution in [0, 0.1) is 0 Å². The molecule has 3 aromatic rings. The third-order valence-corrected chi connectivity index (χ3v) is 4.19. The molecule has 2 aromatic heterocycles. The van der Waals surface area contributed by atoms with Gasteiger partial charge in [0.25, 0.3) is 0 Å². The minimum atomic E-state index is -0.512. The Morgan fingerprint density at radius 3 is 2.52 bits per heavy atom. The van der Waals surface area contributed by atoms with E-state index in [-0.39, 0.29) is 6.61 Å². The van der Waals surface area contributed by atoms with E-state index < -0.39 is 5.97 Å². The molecule has 0 fully saturated rings. The van der Waals surface area contributed by atoms with Crippen LogP contribution in [0.5, 0.6) is 11.5 Å². The van der Waals surface area contributed by atoms with Crippen LogP contribution in [-0.4, -0.2) is 34.8 Å². The molecule has 3 rings (SSSR count). The topological polar surface area (TPSA) is 83.4 Å². The number of carbonyl (C=O) groups is 1. The first kappa shape index (κ1) is 16.8. The molecule has 0 saturated heterocycles. The summed E-state index contributed by atoms with van der Waals surface area (Å²) in [5, 5.41) is 4.01. The van der Waals surface area contributed by atoms with Crippen molar-refractivity contribution in [2.24, 2.45) is 0 Å². The number of carbonyl (C=O) groups excluding carboxylic acids is 1. The predicted molar refractivity (Wildman–Crippen MR) is 91.8 cm³/mol. The summed E-state index contributed by atoms with van der Waals surface area (Å²) in [7, 11) is 3.10. The molecule has 0 aliphatic heterocycles. The molecule has 0 bridgehead atoms. The van der Waals surface area contributed by atoms with Crippen molar-refractivity contribution in [1.82, 2.24) is 14.6 Å². The van der Waals surface area contributed by atoms with Crippen LogP contribution in [0.4, 0.5) is 0 Å². The minimum Gasteiger partial charge on any atom is -0.496 e. The molecule has 0 amide bonds. The first-order valence-corrected chi connectivity index (χ1v) is 8.11. The van der Waals surface area contributed by atoms with Gasteiger partial charge in [-0.2, -0.15) is 0 Å². The highest BCUT2D eigenvalue weighted by Gasteiger charge is 2.21. The molecule has 0 aliphatic carbocycles.